The fraction of sp³-hybridized carbons (Fsp3) is 0.696. The first-order valence-corrected chi connectivity index (χ1v) is 10.6. The van der Waals surface area contributed by atoms with Crippen LogP contribution < -0.4 is 10.6 Å². The number of alkyl halides is 1. The van der Waals surface area contributed by atoms with Gasteiger partial charge in [0, 0.05) is 6.54 Å². The zero-order valence-electron chi connectivity index (χ0n) is 16.3. The molecule has 3 nitrogen and oxygen atoms in total. The average molecular weight is 371 g/mol. The van der Waals surface area contributed by atoms with E-state index in [2.05, 4.69) is 47.9 Å². The quantitative estimate of drug-likeness (QED) is 0.851. The molecule has 4 aliphatic carbocycles. The van der Waals surface area contributed by atoms with Crippen LogP contribution in [0.3, 0.4) is 0 Å². The lowest BCUT2D eigenvalue weighted by molar-refractivity contribution is -0.161. The molecule has 1 aliphatic heterocycles. The van der Waals surface area contributed by atoms with Crippen LogP contribution in [0.15, 0.2) is 30.3 Å². The van der Waals surface area contributed by atoms with Gasteiger partial charge < -0.3 is 10.6 Å². The lowest BCUT2D eigenvalue weighted by Gasteiger charge is -2.65. The van der Waals surface area contributed by atoms with Gasteiger partial charge in [0.25, 0.3) is 0 Å². The summed E-state index contributed by atoms with van der Waals surface area (Å²) in [5.41, 5.74) is 1.45. The van der Waals surface area contributed by atoms with E-state index in [-0.39, 0.29) is 28.2 Å². The normalized spacial score (nSPS) is 45.6. The lowest BCUT2D eigenvalue weighted by atomic mass is 9.38. The largest absolute Gasteiger partial charge is 0.350 e. The van der Waals surface area contributed by atoms with Gasteiger partial charge in [-0.1, -0.05) is 37.3 Å². The van der Waals surface area contributed by atoms with Crippen molar-refractivity contribution in [3.8, 4) is 0 Å². The molecule has 1 heterocycles. The van der Waals surface area contributed by atoms with Crippen LogP contribution in [0.5, 0.6) is 0 Å². The van der Waals surface area contributed by atoms with Gasteiger partial charge in [-0.3, -0.25) is 4.79 Å². The molecular weight excluding hydrogens is 339 g/mol. The molecule has 5 aliphatic rings. The van der Waals surface area contributed by atoms with E-state index in [4.69, 9.17) is 0 Å². The van der Waals surface area contributed by atoms with Gasteiger partial charge in [0.05, 0.1) is 11.5 Å². The molecule has 4 saturated carbocycles. The molecule has 6 rings (SSSR count). The highest BCUT2D eigenvalue weighted by atomic mass is 19.1. The number of carbonyl (C=O) groups excluding carboxylic acids is 1. The summed E-state index contributed by atoms with van der Waals surface area (Å²) >= 11 is 0. The summed E-state index contributed by atoms with van der Waals surface area (Å²) in [6, 6.07) is 10.5. The summed E-state index contributed by atoms with van der Waals surface area (Å²) in [6.07, 6.45) is 6.25. The third kappa shape index (κ3) is 2.83. The van der Waals surface area contributed by atoms with E-state index in [9.17, 15) is 9.18 Å². The molecule has 1 aromatic carbocycles. The smallest absolute Gasteiger partial charge is 0.226 e. The number of hydrogen-bond donors (Lipinski definition) is 2. The molecule has 146 valence electrons. The van der Waals surface area contributed by atoms with E-state index in [0.717, 1.165) is 25.8 Å². The monoisotopic (exact) mass is 370 g/mol. The Kier molecular flexibility index (Phi) is 3.95. The summed E-state index contributed by atoms with van der Waals surface area (Å²) in [6.45, 7) is 3.53. The van der Waals surface area contributed by atoms with Gasteiger partial charge in [-0.25, -0.2) is 4.39 Å². The standard InChI is InChI=1S/C23H31FN2O/c1-21-9-16-10-22(13-21,17-5-3-2-4-6-17)15-23(11-16,14-21)20(27)26-19-7-8-25-12-18(19)24/h2-6,16,18-19,25H,7-15H2,1H3,(H,26,27)/t16?,18-,19-,21?,22?,23?/m1/s1. The predicted octanol–water partition coefficient (Wildman–Crippen LogP) is 3.73. The lowest BCUT2D eigenvalue weighted by Crippen LogP contribution is -2.63. The molecule has 6 atom stereocenters. The summed E-state index contributed by atoms with van der Waals surface area (Å²) in [7, 11) is 0. The first-order chi connectivity index (χ1) is 12.9. The van der Waals surface area contributed by atoms with Crippen molar-refractivity contribution in [3.05, 3.63) is 35.9 Å². The van der Waals surface area contributed by atoms with Gasteiger partial charge >= 0.3 is 0 Å². The molecular formula is C23H31FN2O. The number of halogens is 1. The fourth-order valence-corrected chi connectivity index (χ4v) is 7.59. The molecule has 0 aromatic heterocycles. The van der Waals surface area contributed by atoms with Gasteiger partial charge in [0.2, 0.25) is 5.91 Å². The van der Waals surface area contributed by atoms with Gasteiger partial charge in [-0.05, 0) is 73.8 Å². The van der Waals surface area contributed by atoms with Gasteiger partial charge in [-0.2, -0.15) is 0 Å². The summed E-state index contributed by atoms with van der Waals surface area (Å²) < 4.78 is 14.3. The van der Waals surface area contributed by atoms with Crippen molar-refractivity contribution in [2.75, 3.05) is 13.1 Å². The molecule has 1 saturated heterocycles. The van der Waals surface area contributed by atoms with E-state index in [1.807, 2.05) is 0 Å². The van der Waals surface area contributed by atoms with Gasteiger partial charge in [0.15, 0.2) is 0 Å². The highest BCUT2D eigenvalue weighted by Crippen LogP contribution is 2.70. The number of amides is 1. The Bertz CT molecular complexity index is 739. The van der Waals surface area contributed by atoms with Crippen molar-refractivity contribution in [1.82, 2.24) is 10.6 Å². The molecule has 1 aromatic rings. The molecule has 4 unspecified atom stereocenters. The maximum Gasteiger partial charge on any atom is 0.226 e. The van der Waals surface area contributed by atoms with Crippen molar-refractivity contribution in [1.29, 1.82) is 0 Å². The third-order valence-corrected chi connectivity index (χ3v) is 7.94. The number of benzene rings is 1. The predicted molar refractivity (Wildman–Crippen MR) is 104 cm³/mol. The number of hydrogen-bond acceptors (Lipinski definition) is 2. The molecule has 27 heavy (non-hydrogen) atoms. The van der Waals surface area contributed by atoms with Crippen LogP contribution in [0.2, 0.25) is 0 Å². The first-order valence-electron chi connectivity index (χ1n) is 10.6. The van der Waals surface area contributed by atoms with Crippen molar-refractivity contribution in [2.45, 2.75) is 69.5 Å². The minimum absolute atomic E-state index is 0.121. The topological polar surface area (TPSA) is 41.1 Å². The Hall–Kier alpha value is -1.42. The minimum atomic E-state index is -0.977. The SMILES string of the molecule is CC12CC3CC(C(=O)N[C@@H]4CCNC[C@H]4F)(C1)CC(c1ccccc1)(C3)C2. The van der Waals surface area contributed by atoms with E-state index in [1.165, 1.54) is 24.8 Å². The zero-order chi connectivity index (χ0) is 18.7. The van der Waals surface area contributed by atoms with Crippen LogP contribution in [-0.2, 0) is 10.2 Å². The number of carbonyl (C=O) groups is 1. The molecule has 4 heteroatoms. The Morgan fingerprint density at radius 3 is 2.70 bits per heavy atom. The van der Waals surface area contributed by atoms with Crippen molar-refractivity contribution >= 4 is 5.91 Å². The van der Waals surface area contributed by atoms with Gasteiger partial charge in [0.1, 0.15) is 6.17 Å². The van der Waals surface area contributed by atoms with E-state index in [1.54, 1.807) is 0 Å². The Morgan fingerprint density at radius 2 is 1.96 bits per heavy atom. The van der Waals surface area contributed by atoms with Gasteiger partial charge in [-0.15, -0.1) is 0 Å². The van der Waals surface area contributed by atoms with Crippen molar-refractivity contribution < 1.29 is 9.18 Å². The van der Waals surface area contributed by atoms with Crippen molar-refractivity contribution in [3.63, 3.8) is 0 Å². The number of nitrogens with one attached hydrogen (secondary N) is 2. The summed E-state index contributed by atoms with van der Waals surface area (Å²) in [5.74, 6) is 0.749. The van der Waals surface area contributed by atoms with Crippen LogP contribution in [0.1, 0.15) is 57.4 Å². The Morgan fingerprint density at radius 1 is 1.15 bits per heavy atom. The molecule has 0 radical (unpaired) electrons. The second-order valence-electron chi connectivity index (χ2n) is 10.3. The minimum Gasteiger partial charge on any atom is -0.350 e. The molecule has 0 spiro atoms. The third-order valence-electron chi connectivity index (χ3n) is 7.94. The second kappa shape index (κ2) is 6.04. The van der Waals surface area contributed by atoms with E-state index in [0.29, 0.717) is 18.9 Å². The number of piperidine rings is 1. The van der Waals surface area contributed by atoms with Crippen LogP contribution in [0.25, 0.3) is 0 Å². The first kappa shape index (κ1) is 17.7. The average Bonchev–Trinajstić information content (AvgIpc) is 2.62. The van der Waals surface area contributed by atoms with E-state index < -0.39 is 6.17 Å². The zero-order valence-corrected chi connectivity index (χ0v) is 16.3. The van der Waals surface area contributed by atoms with Crippen LogP contribution in [0, 0.1) is 16.7 Å². The number of rotatable bonds is 3. The second-order valence-corrected chi connectivity index (χ2v) is 10.3. The van der Waals surface area contributed by atoms with E-state index >= 15 is 0 Å². The maximum absolute atomic E-state index is 14.3. The Labute approximate surface area is 161 Å². The molecule has 5 fully saturated rings. The van der Waals surface area contributed by atoms with Crippen molar-refractivity contribution in [2.24, 2.45) is 16.7 Å². The molecule has 2 N–H and O–H groups in total. The van der Waals surface area contributed by atoms with Crippen LogP contribution in [0.4, 0.5) is 4.39 Å². The maximum atomic E-state index is 14.3. The fourth-order valence-electron chi connectivity index (χ4n) is 7.59. The Balaban J connectivity index is 1.46. The van der Waals surface area contributed by atoms with Crippen LogP contribution >= 0.6 is 0 Å². The van der Waals surface area contributed by atoms with Crippen LogP contribution in [-0.4, -0.2) is 31.2 Å². The highest BCUT2D eigenvalue weighted by Gasteiger charge is 2.64. The summed E-state index contributed by atoms with van der Waals surface area (Å²) in [5, 5.41) is 6.24. The summed E-state index contributed by atoms with van der Waals surface area (Å²) in [4.78, 5) is 13.5. The highest BCUT2D eigenvalue weighted by molar-refractivity contribution is 5.84. The molecule has 4 bridgehead atoms. The molecule has 1 amide bonds.